The summed E-state index contributed by atoms with van der Waals surface area (Å²) in [5.41, 5.74) is 1.77. The highest BCUT2D eigenvalue weighted by Crippen LogP contribution is 2.30. The smallest absolute Gasteiger partial charge is 0.241 e. The summed E-state index contributed by atoms with van der Waals surface area (Å²) in [6, 6.07) is 17.5. The van der Waals surface area contributed by atoms with Crippen LogP contribution in [0.3, 0.4) is 0 Å². The van der Waals surface area contributed by atoms with Gasteiger partial charge < -0.3 is 20.9 Å². The number of fused-ring (bicyclic) bond motifs is 1. The molecule has 0 aliphatic carbocycles. The van der Waals surface area contributed by atoms with E-state index in [0.717, 1.165) is 55.3 Å². The Kier molecular flexibility index (Phi) is 12.3. The zero-order valence-corrected chi connectivity index (χ0v) is 27.4. The molecule has 45 heavy (non-hydrogen) atoms. The van der Waals surface area contributed by atoms with Gasteiger partial charge in [-0.15, -0.1) is 0 Å². The van der Waals surface area contributed by atoms with E-state index in [9.17, 15) is 12.8 Å². The summed E-state index contributed by atoms with van der Waals surface area (Å²) >= 11 is 0. The number of hydrogen-bond acceptors (Lipinski definition) is 9. The lowest BCUT2D eigenvalue weighted by atomic mass is 10.1. The van der Waals surface area contributed by atoms with E-state index in [2.05, 4.69) is 49.5 Å². The van der Waals surface area contributed by atoms with Crippen LogP contribution in [0.2, 0.25) is 0 Å². The highest BCUT2D eigenvalue weighted by molar-refractivity contribution is 7.89. The van der Waals surface area contributed by atoms with Crippen molar-refractivity contribution < 1.29 is 12.8 Å². The molecular weight excluding hydrogens is 591 g/mol. The van der Waals surface area contributed by atoms with Gasteiger partial charge in [0.05, 0.1) is 4.90 Å². The molecule has 0 spiro atoms. The first-order valence-corrected chi connectivity index (χ1v) is 17.0. The molecule has 242 valence electrons. The van der Waals surface area contributed by atoms with Gasteiger partial charge in [0, 0.05) is 56.7 Å². The number of sulfonamides is 1. The summed E-state index contributed by atoms with van der Waals surface area (Å²) in [6.45, 7) is 6.48. The zero-order valence-electron chi connectivity index (χ0n) is 26.6. The van der Waals surface area contributed by atoms with E-state index in [1.54, 1.807) is 18.2 Å². The van der Waals surface area contributed by atoms with Gasteiger partial charge in [-0.3, -0.25) is 0 Å². The second-order valence-corrected chi connectivity index (χ2v) is 13.4. The molecule has 0 unspecified atom stereocenters. The van der Waals surface area contributed by atoms with E-state index >= 15 is 0 Å². The first kappa shape index (κ1) is 33.9. The Hall–Kier alpha value is -4.03. The third-order valence-electron chi connectivity index (χ3n) is 7.29. The second-order valence-electron chi connectivity index (χ2n) is 11.7. The van der Waals surface area contributed by atoms with Crippen LogP contribution in [0.1, 0.15) is 51.5 Å². The Morgan fingerprint density at radius 2 is 1.38 bits per heavy atom. The predicted octanol–water partition coefficient (Wildman–Crippen LogP) is 6.25. The van der Waals surface area contributed by atoms with Crippen molar-refractivity contribution in [1.29, 1.82) is 0 Å². The van der Waals surface area contributed by atoms with Crippen molar-refractivity contribution in [2.24, 2.45) is 5.92 Å². The van der Waals surface area contributed by atoms with Crippen LogP contribution in [0, 0.1) is 11.7 Å². The van der Waals surface area contributed by atoms with Crippen LogP contribution in [0.15, 0.2) is 65.6 Å². The number of unbranched alkanes of at least 4 members (excludes halogenated alkanes) is 3. The molecule has 1 aromatic heterocycles. The number of rotatable bonds is 18. The lowest BCUT2D eigenvalue weighted by molar-refractivity contribution is 0.573. The Balaban J connectivity index is 1.24. The molecule has 0 saturated carbocycles. The molecule has 10 nitrogen and oxygen atoms in total. The lowest BCUT2D eigenvalue weighted by Gasteiger charge is -2.17. The van der Waals surface area contributed by atoms with Gasteiger partial charge in [-0.1, -0.05) is 63.1 Å². The van der Waals surface area contributed by atoms with Gasteiger partial charge in [0.25, 0.3) is 0 Å². The van der Waals surface area contributed by atoms with Crippen molar-refractivity contribution in [3.63, 3.8) is 0 Å². The van der Waals surface area contributed by atoms with Crippen molar-refractivity contribution in [2.45, 2.75) is 57.4 Å². The van der Waals surface area contributed by atoms with Gasteiger partial charge in [-0.25, -0.2) is 17.5 Å². The second kappa shape index (κ2) is 16.3. The number of halogens is 1. The molecule has 0 saturated heterocycles. The summed E-state index contributed by atoms with van der Waals surface area (Å²) in [5, 5.41) is 11.3. The molecule has 0 aliphatic rings. The fourth-order valence-electron chi connectivity index (χ4n) is 4.89. The van der Waals surface area contributed by atoms with E-state index in [4.69, 9.17) is 0 Å². The molecule has 0 fully saturated rings. The summed E-state index contributed by atoms with van der Waals surface area (Å²) in [6.07, 6.45) is 4.39. The molecular formula is C33H45FN8O2S. The molecule has 0 bridgehead atoms. The lowest BCUT2D eigenvalue weighted by Crippen LogP contribution is -2.25. The van der Waals surface area contributed by atoms with Crippen LogP contribution in [0.25, 0.3) is 10.8 Å². The normalized spacial score (nSPS) is 11.6. The maximum absolute atomic E-state index is 13.6. The monoisotopic (exact) mass is 636 g/mol. The first-order chi connectivity index (χ1) is 21.6. The van der Waals surface area contributed by atoms with Crippen molar-refractivity contribution in [3.8, 4) is 0 Å². The molecule has 12 heteroatoms. The van der Waals surface area contributed by atoms with Crippen LogP contribution >= 0.6 is 0 Å². The third-order valence-corrected chi connectivity index (χ3v) is 8.81. The zero-order chi connectivity index (χ0) is 32.2. The minimum Gasteiger partial charge on any atom is -0.377 e. The quantitative estimate of drug-likeness (QED) is 0.0939. The van der Waals surface area contributed by atoms with Crippen LogP contribution < -0.4 is 25.6 Å². The molecule has 4 N–H and O–H groups in total. The summed E-state index contributed by atoms with van der Waals surface area (Å²) in [7, 11) is 0.254. The molecule has 0 amide bonds. The number of aromatic nitrogens is 3. The van der Waals surface area contributed by atoms with Gasteiger partial charge >= 0.3 is 0 Å². The van der Waals surface area contributed by atoms with Gasteiger partial charge in [0.15, 0.2) is 0 Å². The molecule has 4 rings (SSSR count). The highest BCUT2D eigenvalue weighted by atomic mass is 32.2. The summed E-state index contributed by atoms with van der Waals surface area (Å²) in [5.74, 6) is 1.60. The number of nitrogens with one attached hydrogen (secondary N) is 4. The average molecular weight is 637 g/mol. The number of benzene rings is 3. The fourth-order valence-corrected chi connectivity index (χ4v) is 6.18. The van der Waals surface area contributed by atoms with E-state index < -0.39 is 10.0 Å². The first-order valence-electron chi connectivity index (χ1n) is 15.5. The van der Waals surface area contributed by atoms with Crippen LogP contribution in [0.5, 0.6) is 0 Å². The Bertz CT molecular complexity index is 1650. The molecule has 4 aromatic rings. The van der Waals surface area contributed by atoms with Crippen LogP contribution in [-0.4, -0.2) is 57.1 Å². The van der Waals surface area contributed by atoms with E-state index in [0.29, 0.717) is 53.7 Å². The van der Waals surface area contributed by atoms with Crippen molar-refractivity contribution in [3.05, 3.63) is 72.0 Å². The molecule has 0 aliphatic heterocycles. The van der Waals surface area contributed by atoms with Crippen LogP contribution in [0.4, 0.5) is 27.9 Å². The summed E-state index contributed by atoms with van der Waals surface area (Å²) < 4.78 is 42.6. The van der Waals surface area contributed by atoms with E-state index in [1.165, 1.54) is 12.1 Å². The van der Waals surface area contributed by atoms with Gasteiger partial charge in [0.2, 0.25) is 27.9 Å². The van der Waals surface area contributed by atoms with Crippen molar-refractivity contribution in [1.82, 2.24) is 19.7 Å². The standard InChI is InChI=1S/C33H45FN8O2S/c1-24(2)18-21-36-32-39-31(40-33(41-32)37-23-25-12-9-13-26(34)22-25)35-19-7-5-6-8-20-38-45(43,44)30-17-11-14-27-28(30)15-10-16-29(27)42(3)4/h9-17,22,24,38H,5-8,18-21,23H2,1-4H3,(H3,35,36,37,39,40,41). The molecule has 0 atom stereocenters. The largest absolute Gasteiger partial charge is 0.377 e. The molecule has 0 radical (unpaired) electrons. The van der Waals surface area contributed by atoms with Gasteiger partial charge in [0.1, 0.15) is 5.82 Å². The molecule has 1 heterocycles. The minimum atomic E-state index is -3.64. The Labute approximate surface area is 266 Å². The maximum atomic E-state index is 13.6. The Morgan fingerprint density at radius 1 is 0.756 bits per heavy atom. The van der Waals surface area contributed by atoms with Crippen molar-refractivity contribution in [2.75, 3.05) is 54.6 Å². The van der Waals surface area contributed by atoms with Gasteiger partial charge in [-0.2, -0.15) is 15.0 Å². The minimum absolute atomic E-state index is 0.288. The number of anilines is 4. The van der Waals surface area contributed by atoms with E-state index in [-0.39, 0.29) is 5.82 Å². The highest BCUT2D eigenvalue weighted by Gasteiger charge is 2.18. The van der Waals surface area contributed by atoms with E-state index in [1.807, 2.05) is 49.3 Å². The topological polar surface area (TPSA) is 124 Å². The number of nitrogens with zero attached hydrogens (tertiary/aromatic N) is 4. The van der Waals surface area contributed by atoms with Gasteiger partial charge in [-0.05, 0) is 55.0 Å². The average Bonchev–Trinajstić information content (AvgIpc) is 3.00. The maximum Gasteiger partial charge on any atom is 0.241 e. The van der Waals surface area contributed by atoms with Crippen LogP contribution in [-0.2, 0) is 16.6 Å². The predicted molar refractivity (Wildman–Crippen MR) is 182 cm³/mol. The Morgan fingerprint density at radius 3 is 2.07 bits per heavy atom. The SMILES string of the molecule is CC(C)CCNc1nc(NCCCCCCNS(=O)(=O)c2cccc3c(N(C)C)cccc23)nc(NCc2cccc(F)c2)n1. The fraction of sp³-hybridized carbons (Fsp3) is 0.424. The molecule has 3 aromatic carbocycles. The summed E-state index contributed by atoms with van der Waals surface area (Å²) in [4.78, 5) is 15.8. The van der Waals surface area contributed by atoms with Crippen molar-refractivity contribution >= 4 is 44.3 Å². The third kappa shape index (κ3) is 10.3. The number of hydrogen-bond donors (Lipinski definition) is 4.